The SMILES string of the molecule is [Fe].[cH-]1[cH-][cH-][cH-][cH-]1.c1cc(CP(C2CCCC2)C2CCCC2)[c-](CP(C2CCCC2)C2CCCC2)c1. The van der Waals surface area contributed by atoms with Crippen LogP contribution in [0.3, 0.4) is 0 Å². The molecule has 0 spiro atoms. The van der Waals surface area contributed by atoms with Gasteiger partial charge in [0, 0.05) is 17.1 Å². The van der Waals surface area contributed by atoms with E-state index in [2.05, 4.69) is 18.2 Å². The van der Waals surface area contributed by atoms with Crippen LogP contribution in [0.25, 0.3) is 0 Å². The second-order valence-corrected chi connectivity index (χ2v) is 17.2. The molecule has 4 fully saturated rings. The van der Waals surface area contributed by atoms with Crippen LogP contribution in [-0.2, 0) is 29.4 Å². The van der Waals surface area contributed by atoms with Gasteiger partial charge in [0.1, 0.15) is 0 Å². The zero-order valence-corrected chi connectivity index (χ0v) is 24.8. The predicted molar refractivity (Wildman–Crippen MR) is 154 cm³/mol. The summed E-state index contributed by atoms with van der Waals surface area (Å²) in [6, 6.07) is 17.6. The fraction of sp³-hybridized carbons (Fsp3) is 0.688. The van der Waals surface area contributed by atoms with E-state index in [1.54, 1.807) is 51.4 Å². The van der Waals surface area contributed by atoms with Crippen LogP contribution >= 0.6 is 15.8 Å². The molecule has 200 valence electrons. The molecule has 0 saturated heterocycles. The maximum Gasteiger partial charge on any atom is 0 e. The maximum atomic E-state index is 2.56. The van der Waals surface area contributed by atoms with Gasteiger partial charge in [0.15, 0.2) is 0 Å². The first kappa shape index (κ1) is 28.1. The van der Waals surface area contributed by atoms with Gasteiger partial charge in [-0.05, 0) is 80.2 Å². The molecule has 4 aliphatic rings. The standard InChI is InChI=1S/C27H43P2.C5H5.Fe/c1-2-13-24(12-1)28(25-14-3-4-15-25)20-22-10-9-11-23(22)21-29(26-16-5-6-17-26)27-18-7-8-19-27;1-2-4-5-3-1;/h9-11,24-27H,1-8,12-21H2;1-5H;/q-1;-5;. The fourth-order valence-electron chi connectivity index (χ4n) is 7.57. The molecule has 0 aromatic heterocycles. The van der Waals surface area contributed by atoms with Gasteiger partial charge >= 0.3 is 0 Å². The summed E-state index contributed by atoms with van der Waals surface area (Å²) in [6.45, 7) is 0. The van der Waals surface area contributed by atoms with Gasteiger partial charge in [-0.2, -0.15) is 11.6 Å². The first-order chi connectivity index (χ1) is 16.9. The molecule has 0 unspecified atom stereocenters. The Morgan fingerprint density at radius 2 is 0.971 bits per heavy atom. The summed E-state index contributed by atoms with van der Waals surface area (Å²) in [5.74, 6) is 0. The summed E-state index contributed by atoms with van der Waals surface area (Å²) in [5.41, 5.74) is 8.09. The van der Waals surface area contributed by atoms with Gasteiger partial charge in [-0.15, -0.1) is 13.5 Å². The molecule has 0 radical (unpaired) electrons. The Hall–Kier alpha value is 0.0795. The third-order valence-electron chi connectivity index (χ3n) is 9.44. The zero-order valence-electron chi connectivity index (χ0n) is 21.9. The van der Waals surface area contributed by atoms with Crippen molar-refractivity contribution in [1.82, 2.24) is 0 Å². The van der Waals surface area contributed by atoms with Crippen LogP contribution in [-0.4, -0.2) is 22.6 Å². The molecule has 0 aliphatic heterocycles. The minimum atomic E-state index is 0. The fourth-order valence-corrected chi connectivity index (χ4v) is 15.3. The smallest absolute Gasteiger partial charge is 0 e. The first-order valence-corrected chi connectivity index (χ1v) is 18.1. The summed E-state index contributed by atoms with van der Waals surface area (Å²) >= 11 is 0. The van der Waals surface area contributed by atoms with Gasteiger partial charge in [-0.25, -0.2) is 12.1 Å². The Morgan fingerprint density at radius 1 is 0.600 bits per heavy atom. The minimum absolute atomic E-state index is 0. The molecule has 0 bridgehead atoms. The molecular formula is C32H48FeP2-6. The topological polar surface area (TPSA) is 0 Å². The monoisotopic (exact) mass is 550 g/mol. The van der Waals surface area contributed by atoms with Crippen LogP contribution in [0.4, 0.5) is 0 Å². The van der Waals surface area contributed by atoms with Crippen molar-refractivity contribution in [3.05, 3.63) is 59.7 Å². The van der Waals surface area contributed by atoms with Crippen LogP contribution in [0.2, 0.25) is 0 Å². The molecule has 2 aromatic carbocycles. The second kappa shape index (κ2) is 14.9. The van der Waals surface area contributed by atoms with Crippen molar-refractivity contribution in [2.24, 2.45) is 0 Å². The van der Waals surface area contributed by atoms with E-state index in [1.807, 2.05) is 41.5 Å². The molecule has 3 heteroatoms. The molecule has 4 saturated carbocycles. The van der Waals surface area contributed by atoms with Crippen molar-refractivity contribution in [3.63, 3.8) is 0 Å². The van der Waals surface area contributed by atoms with Crippen molar-refractivity contribution < 1.29 is 17.1 Å². The third-order valence-corrected chi connectivity index (χ3v) is 16.7. The summed E-state index contributed by atoms with van der Waals surface area (Å²) in [5, 5.41) is 0. The normalized spacial score (nSPS) is 22.2. The van der Waals surface area contributed by atoms with E-state index in [0.717, 1.165) is 22.6 Å². The Balaban J connectivity index is 0.000000431. The van der Waals surface area contributed by atoms with Gasteiger partial charge in [0.05, 0.1) is 0 Å². The predicted octanol–water partition coefficient (Wildman–Crippen LogP) is 10.5. The van der Waals surface area contributed by atoms with E-state index >= 15 is 0 Å². The first-order valence-electron chi connectivity index (χ1n) is 14.8. The van der Waals surface area contributed by atoms with Gasteiger partial charge in [-0.1, -0.05) is 65.5 Å². The molecule has 0 atom stereocenters. The van der Waals surface area contributed by atoms with Crippen molar-refractivity contribution in [3.8, 4) is 0 Å². The zero-order chi connectivity index (χ0) is 23.0. The average molecular weight is 551 g/mol. The molecule has 0 nitrogen and oxygen atoms in total. The number of hydrogen-bond donors (Lipinski definition) is 0. The van der Waals surface area contributed by atoms with E-state index in [0.29, 0.717) is 0 Å². The van der Waals surface area contributed by atoms with Crippen LogP contribution in [0.5, 0.6) is 0 Å². The van der Waals surface area contributed by atoms with Crippen molar-refractivity contribution in [2.45, 2.75) is 138 Å². The van der Waals surface area contributed by atoms with Gasteiger partial charge in [-0.3, -0.25) is 0 Å². The quantitative estimate of drug-likeness (QED) is 0.174. The Kier molecular flexibility index (Phi) is 11.9. The van der Waals surface area contributed by atoms with E-state index in [1.165, 1.54) is 63.7 Å². The van der Waals surface area contributed by atoms with E-state index in [9.17, 15) is 0 Å². The van der Waals surface area contributed by atoms with Crippen molar-refractivity contribution >= 4 is 15.8 Å². The summed E-state index contributed by atoms with van der Waals surface area (Å²) in [6.07, 6.45) is 27.7. The Bertz CT molecular complexity index is 686. The minimum Gasteiger partial charge on any atom is -0.748 e. The largest absolute Gasteiger partial charge is 0.748 e. The van der Waals surface area contributed by atoms with E-state index < -0.39 is 0 Å². The van der Waals surface area contributed by atoms with Crippen LogP contribution in [0.15, 0.2) is 48.5 Å². The van der Waals surface area contributed by atoms with Crippen LogP contribution in [0, 0.1) is 0 Å². The van der Waals surface area contributed by atoms with Crippen molar-refractivity contribution in [1.29, 1.82) is 0 Å². The van der Waals surface area contributed by atoms with E-state index in [-0.39, 0.29) is 32.9 Å². The average Bonchev–Trinajstić information content (AvgIpc) is 3.71. The van der Waals surface area contributed by atoms with Gasteiger partial charge in [0.2, 0.25) is 0 Å². The van der Waals surface area contributed by atoms with Crippen molar-refractivity contribution in [2.75, 3.05) is 0 Å². The molecular weight excluding hydrogens is 502 g/mol. The Morgan fingerprint density at radius 3 is 1.37 bits per heavy atom. The second-order valence-electron chi connectivity index (χ2n) is 11.6. The van der Waals surface area contributed by atoms with Crippen LogP contribution in [0.1, 0.15) is 114 Å². The summed E-state index contributed by atoms with van der Waals surface area (Å²) < 4.78 is 0. The van der Waals surface area contributed by atoms with E-state index in [4.69, 9.17) is 0 Å². The number of hydrogen-bond acceptors (Lipinski definition) is 0. The molecule has 0 heterocycles. The molecule has 0 N–H and O–H groups in total. The molecule has 0 amide bonds. The molecule has 2 aromatic rings. The molecule has 4 aliphatic carbocycles. The summed E-state index contributed by atoms with van der Waals surface area (Å²) in [7, 11) is 0.464. The Labute approximate surface area is 229 Å². The van der Waals surface area contributed by atoms with Gasteiger partial charge < -0.3 is 30.3 Å². The number of rotatable bonds is 8. The van der Waals surface area contributed by atoms with Crippen LogP contribution < -0.4 is 0 Å². The third kappa shape index (κ3) is 7.79. The van der Waals surface area contributed by atoms with Gasteiger partial charge in [0.25, 0.3) is 0 Å². The molecule has 35 heavy (non-hydrogen) atoms. The summed E-state index contributed by atoms with van der Waals surface area (Å²) in [4.78, 5) is 0. The maximum absolute atomic E-state index is 2.56. The molecule has 6 rings (SSSR count).